The van der Waals surface area contributed by atoms with Gasteiger partial charge in [0.1, 0.15) is 10.6 Å². The van der Waals surface area contributed by atoms with E-state index in [-0.39, 0.29) is 14.9 Å². The van der Waals surface area contributed by atoms with Crippen LogP contribution in [0, 0.1) is 5.92 Å². The summed E-state index contributed by atoms with van der Waals surface area (Å²) in [4.78, 5) is -0.192. The van der Waals surface area contributed by atoms with Crippen LogP contribution in [0.5, 0.6) is 5.75 Å². The molecule has 2 rings (SSSR count). The highest BCUT2D eigenvalue weighted by Crippen LogP contribution is 2.35. The van der Waals surface area contributed by atoms with Gasteiger partial charge in [0, 0.05) is 6.07 Å². The van der Waals surface area contributed by atoms with Gasteiger partial charge in [-0.25, -0.2) is 13.6 Å². The molecule has 0 bridgehead atoms. The van der Waals surface area contributed by atoms with Crippen LogP contribution in [0.4, 0.5) is 0 Å². The second-order valence-corrected chi connectivity index (χ2v) is 6.36. The zero-order valence-electron chi connectivity index (χ0n) is 8.82. The van der Waals surface area contributed by atoms with Crippen LogP contribution in [-0.4, -0.2) is 15.0 Å². The van der Waals surface area contributed by atoms with Crippen molar-refractivity contribution in [1.82, 2.24) is 0 Å². The Morgan fingerprint density at radius 1 is 1.29 bits per heavy atom. The number of sulfonamides is 1. The van der Waals surface area contributed by atoms with Crippen molar-refractivity contribution in [1.29, 1.82) is 0 Å². The van der Waals surface area contributed by atoms with E-state index in [2.05, 4.69) is 0 Å². The maximum absolute atomic E-state index is 11.2. The number of nitrogens with two attached hydrogens (primary N) is 1. The van der Waals surface area contributed by atoms with Crippen molar-refractivity contribution in [2.24, 2.45) is 11.1 Å². The van der Waals surface area contributed by atoms with E-state index in [1.54, 1.807) is 0 Å². The highest BCUT2D eigenvalue weighted by molar-refractivity contribution is 7.89. The van der Waals surface area contributed by atoms with Crippen molar-refractivity contribution in [2.45, 2.75) is 17.7 Å². The first kappa shape index (κ1) is 13.0. The van der Waals surface area contributed by atoms with Crippen molar-refractivity contribution in [3.8, 4) is 5.75 Å². The van der Waals surface area contributed by atoms with Crippen molar-refractivity contribution >= 4 is 33.2 Å². The van der Waals surface area contributed by atoms with Crippen molar-refractivity contribution in [3.05, 3.63) is 22.2 Å². The van der Waals surface area contributed by atoms with E-state index in [1.807, 2.05) is 0 Å². The lowest BCUT2D eigenvalue weighted by Crippen LogP contribution is -2.13. The Morgan fingerprint density at radius 3 is 2.47 bits per heavy atom. The molecule has 1 aliphatic rings. The van der Waals surface area contributed by atoms with Gasteiger partial charge in [0.2, 0.25) is 10.0 Å². The molecule has 1 aromatic rings. The number of rotatable bonds is 4. The first-order chi connectivity index (χ1) is 7.88. The smallest absolute Gasteiger partial charge is 0.239 e. The lowest BCUT2D eigenvalue weighted by molar-refractivity contribution is 0.300. The molecule has 0 amide bonds. The third-order valence-electron chi connectivity index (χ3n) is 2.46. The highest BCUT2D eigenvalue weighted by Gasteiger charge is 2.23. The van der Waals surface area contributed by atoms with E-state index >= 15 is 0 Å². The topological polar surface area (TPSA) is 69.4 Å². The molecule has 0 radical (unpaired) electrons. The number of hydrogen-bond acceptors (Lipinski definition) is 3. The Balaban J connectivity index is 2.27. The van der Waals surface area contributed by atoms with E-state index in [4.69, 9.17) is 33.1 Å². The molecule has 1 saturated carbocycles. The standard InChI is InChI=1S/C10H11Cl2NO3S/c11-7-4-10(17(13,14)15)8(12)3-9(7)16-5-6-1-2-6/h3-4,6H,1-2,5H2,(H2,13,14,15). The van der Waals surface area contributed by atoms with E-state index < -0.39 is 10.0 Å². The molecule has 0 aromatic heterocycles. The van der Waals surface area contributed by atoms with Gasteiger partial charge in [-0.2, -0.15) is 0 Å². The summed E-state index contributed by atoms with van der Waals surface area (Å²) in [7, 11) is -3.86. The third kappa shape index (κ3) is 3.25. The molecule has 7 heteroatoms. The van der Waals surface area contributed by atoms with Crippen molar-refractivity contribution in [3.63, 3.8) is 0 Å². The Morgan fingerprint density at radius 2 is 1.94 bits per heavy atom. The van der Waals surface area contributed by atoms with E-state index in [1.165, 1.54) is 12.1 Å². The molecule has 17 heavy (non-hydrogen) atoms. The molecule has 0 atom stereocenters. The fourth-order valence-electron chi connectivity index (χ4n) is 1.33. The molecule has 4 nitrogen and oxygen atoms in total. The molecule has 2 N–H and O–H groups in total. The van der Waals surface area contributed by atoms with Crippen LogP contribution in [0.1, 0.15) is 12.8 Å². The Kier molecular flexibility index (Phi) is 3.54. The summed E-state index contributed by atoms with van der Waals surface area (Å²) in [5.41, 5.74) is 0. The van der Waals surface area contributed by atoms with Gasteiger partial charge in [-0.05, 0) is 24.8 Å². The molecule has 0 aliphatic heterocycles. The predicted molar refractivity (Wildman–Crippen MR) is 66.1 cm³/mol. The van der Waals surface area contributed by atoms with Gasteiger partial charge in [0.05, 0.1) is 16.7 Å². The summed E-state index contributed by atoms with van der Waals surface area (Å²) in [5, 5.41) is 5.21. The molecular formula is C10H11Cl2NO3S. The lowest BCUT2D eigenvalue weighted by Gasteiger charge is -2.10. The van der Waals surface area contributed by atoms with Gasteiger partial charge >= 0.3 is 0 Å². The van der Waals surface area contributed by atoms with E-state index in [0.29, 0.717) is 18.3 Å². The summed E-state index contributed by atoms with van der Waals surface area (Å²) < 4.78 is 27.8. The average molecular weight is 296 g/mol. The molecule has 1 aromatic carbocycles. The van der Waals surface area contributed by atoms with Crippen molar-refractivity contribution < 1.29 is 13.2 Å². The molecule has 0 saturated heterocycles. The quantitative estimate of drug-likeness (QED) is 0.927. The first-order valence-electron chi connectivity index (χ1n) is 5.02. The first-order valence-corrected chi connectivity index (χ1v) is 7.33. The van der Waals surface area contributed by atoms with Crippen LogP contribution in [0.2, 0.25) is 10.0 Å². The summed E-state index contributed by atoms with van der Waals surface area (Å²) in [6, 6.07) is 2.59. The molecular weight excluding hydrogens is 285 g/mol. The minimum atomic E-state index is -3.86. The second kappa shape index (κ2) is 4.65. The Labute approximate surface area is 110 Å². The third-order valence-corrected chi connectivity index (χ3v) is 4.14. The number of hydrogen-bond donors (Lipinski definition) is 1. The van der Waals surface area contributed by atoms with Gasteiger partial charge in [-0.1, -0.05) is 23.2 Å². The number of ether oxygens (including phenoxy) is 1. The molecule has 0 heterocycles. The molecule has 0 spiro atoms. The van der Waals surface area contributed by atoms with Gasteiger partial charge in [-0.3, -0.25) is 0 Å². The molecule has 1 fully saturated rings. The maximum Gasteiger partial charge on any atom is 0.239 e. The van der Waals surface area contributed by atoms with Crippen LogP contribution in [0.15, 0.2) is 17.0 Å². The number of halogens is 2. The molecule has 0 unspecified atom stereocenters. The summed E-state index contributed by atoms with van der Waals surface area (Å²) in [5.74, 6) is 0.957. The minimum Gasteiger partial charge on any atom is -0.492 e. The number of benzene rings is 1. The zero-order chi connectivity index (χ0) is 12.6. The highest BCUT2D eigenvalue weighted by atomic mass is 35.5. The normalized spacial score (nSPS) is 15.9. The van der Waals surface area contributed by atoms with Crippen LogP contribution >= 0.6 is 23.2 Å². The Bertz CT molecular complexity index is 541. The van der Waals surface area contributed by atoms with Crippen LogP contribution in [0.3, 0.4) is 0 Å². The maximum atomic E-state index is 11.2. The lowest BCUT2D eigenvalue weighted by atomic mass is 10.3. The monoisotopic (exact) mass is 295 g/mol. The second-order valence-electron chi connectivity index (χ2n) is 4.01. The number of primary sulfonamides is 1. The Hall–Kier alpha value is -0.490. The molecule has 1 aliphatic carbocycles. The fraction of sp³-hybridized carbons (Fsp3) is 0.400. The summed E-state index contributed by atoms with van der Waals surface area (Å²) in [6.45, 7) is 0.574. The minimum absolute atomic E-state index is 0.0164. The van der Waals surface area contributed by atoms with Crippen LogP contribution in [0.25, 0.3) is 0 Å². The van der Waals surface area contributed by atoms with E-state index in [0.717, 1.165) is 12.8 Å². The zero-order valence-corrected chi connectivity index (χ0v) is 11.1. The van der Waals surface area contributed by atoms with E-state index in [9.17, 15) is 8.42 Å². The average Bonchev–Trinajstić information content (AvgIpc) is 3.00. The summed E-state index contributed by atoms with van der Waals surface area (Å²) >= 11 is 11.7. The van der Waals surface area contributed by atoms with Gasteiger partial charge < -0.3 is 4.74 Å². The predicted octanol–water partition coefficient (Wildman–Crippen LogP) is 2.43. The largest absolute Gasteiger partial charge is 0.492 e. The fourth-order valence-corrected chi connectivity index (χ4v) is 2.70. The van der Waals surface area contributed by atoms with Crippen molar-refractivity contribution in [2.75, 3.05) is 6.61 Å². The SMILES string of the molecule is NS(=O)(=O)c1cc(Cl)c(OCC2CC2)cc1Cl. The summed E-state index contributed by atoms with van der Waals surface area (Å²) in [6.07, 6.45) is 2.31. The van der Waals surface area contributed by atoms with Gasteiger partial charge in [0.15, 0.2) is 0 Å². The van der Waals surface area contributed by atoms with Gasteiger partial charge in [-0.15, -0.1) is 0 Å². The van der Waals surface area contributed by atoms with Crippen LogP contribution in [-0.2, 0) is 10.0 Å². The van der Waals surface area contributed by atoms with Gasteiger partial charge in [0.25, 0.3) is 0 Å². The van der Waals surface area contributed by atoms with Crippen LogP contribution < -0.4 is 9.88 Å². The molecule has 94 valence electrons.